The van der Waals surface area contributed by atoms with Crippen molar-refractivity contribution >= 4 is 11.7 Å². The molecule has 0 spiro atoms. The Morgan fingerprint density at radius 1 is 1.50 bits per heavy atom. The fourth-order valence-electron chi connectivity index (χ4n) is 2.51. The number of rotatable bonds is 5. The predicted molar refractivity (Wildman–Crippen MR) is 78.9 cm³/mol. The van der Waals surface area contributed by atoms with Gasteiger partial charge in [0.1, 0.15) is 5.82 Å². The highest BCUT2D eigenvalue weighted by Crippen LogP contribution is 2.20. The van der Waals surface area contributed by atoms with E-state index in [1.807, 2.05) is 30.9 Å². The number of aromatic nitrogens is 1. The summed E-state index contributed by atoms with van der Waals surface area (Å²) in [5.41, 5.74) is 1.61. The second kappa shape index (κ2) is 6.70. The lowest BCUT2D eigenvalue weighted by Crippen LogP contribution is -2.29. The van der Waals surface area contributed by atoms with E-state index in [2.05, 4.69) is 10.3 Å². The van der Waals surface area contributed by atoms with Crippen LogP contribution in [0, 0.1) is 5.92 Å². The summed E-state index contributed by atoms with van der Waals surface area (Å²) in [5.74, 6) is 1.02. The number of aryl methyl sites for hydroxylation is 1. The van der Waals surface area contributed by atoms with Crippen molar-refractivity contribution in [1.29, 1.82) is 0 Å². The standard InChI is InChI=1S/C15H23N3O2/c1-3-13-7-12(8-14(17-13)16-4-2)15(20)18-6-5-11(9-18)10-19/h7-8,11,19H,3-6,9-10H2,1-2H3,(H,16,17). The number of aliphatic hydroxyl groups is 1. The Kier molecular flexibility index (Phi) is 4.95. The Hall–Kier alpha value is -1.62. The molecule has 0 aromatic carbocycles. The highest BCUT2D eigenvalue weighted by Gasteiger charge is 2.26. The van der Waals surface area contributed by atoms with Gasteiger partial charge in [-0.2, -0.15) is 0 Å². The molecule has 0 bridgehead atoms. The van der Waals surface area contributed by atoms with E-state index < -0.39 is 0 Å². The largest absolute Gasteiger partial charge is 0.396 e. The maximum Gasteiger partial charge on any atom is 0.254 e. The van der Waals surface area contributed by atoms with E-state index in [-0.39, 0.29) is 18.4 Å². The summed E-state index contributed by atoms with van der Waals surface area (Å²) in [5, 5.41) is 12.3. The van der Waals surface area contributed by atoms with Crippen molar-refractivity contribution in [3.05, 3.63) is 23.4 Å². The summed E-state index contributed by atoms with van der Waals surface area (Å²) < 4.78 is 0. The van der Waals surface area contributed by atoms with E-state index in [1.54, 1.807) is 0 Å². The average molecular weight is 277 g/mol. The van der Waals surface area contributed by atoms with Crippen LogP contribution in [0.4, 0.5) is 5.82 Å². The van der Waals surface area contributed by atoms with E-state index in [0.29, 0.717) is 12.1 Å². The third kappa shape index (κ3) is 3.28. The number of amides is 1. The van der Waals surface area contributed by atoms with E-state index in [4.69, 9.17) is 0 Å². The number of hydrogen-bond donors (Lipinski definition) is 2. The van der Waals surface area contributed by atoms with E-state index >= 15 is 0 Å². The summed E-state index contributed by atoms with van der Waals surface area (Å²) in [6.45, 7) is 6.35. The number of nitrogens with one attached hydrogen (secondary N) is 1. The van der Waals surface area contributed by atoms with Crippen molar-refractivity contribution in [2.24, 2.45) is 5.92 Å². The highest BCUT2D eigenvalue weighted by atomic mass is 16.3. The molecule has 0 saturated carbocycles. The zero-order chi connectivity index (χ0) is 14.5. The van der Waals surface area contributed by atoms with Crippen LogP contribution in [-0.4, -0.2) is 47.1 Å². The van der Waals surface area contributed by atoms with Crippen molar-refractivity contribution in [2.45, 2.75) is 26.7 Å². The molecule has 20 heavy (non-hydrogen) atoms. The van der Waals surface area contributed by atoms with Gasteiger partial charge in [-0.3, -0.25) is 4.79 Å². The first-order valence-corrected chi connectivity index (χ1v) is 7.32. The summed E-state index contributed by atoms with van der Waals surface area (Å²) in [6.07, 6.45) is 1.69. The number of nitrogens with zero attached hydrogens (tertiary/aromatic N) is 2. The number of hydrogen-bond acceptors (Lipinski definition) is 4. The molecule has 2 heterocycles. The Morgan fingerprint density at radius 3 is 2.90 bits per heavy atom. The molecule has 1 aromatic rings. The number of likely N-dealkylation sites (tertiary alicyclic amines) is 1. The molecular weight excluding hydrogens is 254 g/mol. The van der Waals surface area contributed by atoms with E-state index in [0.717, 1.165) is 37.4 Å². The Bertz CT molecular complexity index is 476. The zero-order valence-electron chi connectivity index (χ0n) is 12.2. The van der Waals surface area contributed by atoms with Crippen LogP contribution in [0.2, 0.25) is 0 Å². The molecule has 110 valence electrons. The maximum absolute atomic E-state index is 12.5. The van der Waals surface area contributed by atoms with Gasteiger partial charge in [0.15, 0.2) is 0 Å². The third-order valence-corrected chi connectivity index (χ3v) is 3.68. The lowest BCUT2D eigenvalue weighted by molar-refractivity contribution is 0.0781. The van der Waals surface area contributed by atoms with Crippen LogP contribution in [-0.2, 0) is 6.42 Å². The van der Waals surface area contributed by atoms with Crippen LogP contribution in [0.5, 0.6) is 0 Å². The first kappa shape index (κ1) is 14.8. The average Bonchev–Trinajstić information content (AvgIpc) is 2.95. The molecule has 1 aliphatic rings. The number of pyridine rings is 1. The van der Waals surface area contributed by atoms with Gasteiger partial charge in [-0.15, -0.1) is 0 Å². The summed E-state index contributed by atoms with van der Waals surface area (Å²) >= 11 is 0. The number of anilines is 1. The van der Waals surface area contributed by atoms with Gasteiger partial charge in [-0.25, -0.2) is 4.98 Å². The number of carbonyl (C=O) groups is 1. The van der Waals surface area contributed by atoms with Crippen molar-refractivity contribution in [2.75, 3.05) is 31.6 Å². The van der Waals surface area contributed by atoms with Gasteiger partial charge in [0, 0.05) is 43.4 Å². The molecule has 1 amide bonds. The first-order valence-electron chi connectivity index (χ1n) is 7.32. The molecule has 5 heteroatoms. The third-order valence-electron chi connectivity index (χ3n) is 3.68. The molecular formula is C15H23N3O2. The SMILES string of the molecule is CCNc1cc(C(=O)N2CCC(CO)C2)cc(CC)n1. The smallest absolute Gasteiger partial charge is 0.254 e. The summed E-state index contributed by atoms with van der Waals surface area (Å²) in [7, 11) is 0. The molecule has 5 nitrogen and oxygen atoms in total. The summed E-state index contributed by atoms with van der Waals surface area (Å²) in [4.78, 5) is 18.8. The van der Waals surface area contributed by atoms with Crippen molar-refractivity contribution < 1.29 is 9.90 Å². The molecule has 1 saturated heterocycles. The van der Waals surface area contributed by atoms with Gasteiger partial charge >= 0.3 is 0 Å². The van der Waals surface area contributed by atoms with Gasteiger partial charge < -0.3 is 15.3 Å². The second-order valence-corrected chi connectivity index (χ2v) is 5.20. The van der Waals surface area contributed by atoms with Crippen LogP contribution in [0.1, 0.15) is 36.3 Å². The Labute approximate surface area is 120 Å². The van der Waals surface area contributed by atoms with E-state index in [1.165, 1.54) is 0 Å². The minimum atomic E-state index is 0.0391. The van der Waals surface area contributed by atoms with Crippen LogP contribution in [0.25, 0.3) is 0 Å². The number of aliphatic hydroxyl groups excluding tert-OH is 1. The quantitative estimate of drug-likeness (QED) is 0.856. The maximum atomic E-state index is 12.5. The van der Waals surface area contributed by atoms with Crippen LogP contribution >= 0.6 is 0 Å². The van der Waals surface area contributed by atoms with Crippen LogP contribution in [0.15, 0.2) is 12.1 Å². The molecule has 2 N–H and O–H groups in total. The zero-order valence-corrected chi connectivity index (χ0v) is 12.2. The molecule has 1 unspecified atom stereocenters. The topological polar surface area (TPSA) is 65.5 Å². The second-order valence-electron chi connectivity index (χ2n) is 5.20. The molecule has 0 radical (unpaired) electrons. The van der Waals surface area contributed by atoms with Gasteiger partial charge in [0.2, 0.25) is 0 Å². The van der Waals surface area contributed by atoms with Crippen LogP contribution in [0.3, 0.4) is 0 Å². The lowest BCUT2D eigenvalue weighted by atomic mass is 10.1. The highest BCUT2D eigenvalue weighted by molar-refractivity contribution is 5.95. The minimum absolute atomic E-state index is 0.0391. The fraction of sp³-hybridized carbons (Fsp3) is 0.600. The van der Waals surface area contributed by atoms with Crippen molar-refractivity contribution in [1.82, 2.24) is 9.88 Å². The lowest BCUT2D eigenvalue weighted by Gasteiger charge is -2.17. The number of carbonyl (C=O) groups excluding carboxylic acids is 1. The molecule has 1 atom stereocenters. The molecule has 0 aliphatic carbocycles. The first-order chi connectivity index (χ1) is 9.67. The predicted octanol–water partition coefficient (Wildman–Crippen LogP) is 1.53. The van der Waals surface area contributed by atoms with Gasteiger partial charge in [0.25, 0.3) is 5.91 Å². The Balaban J connectivity index is 2.18. The van der Waals surface area contributed by atoms with Crippen molar-refractivity contribution in [3.63, 3.8) is 0 Å². The van der Waals surface area contributed by atoms with Crippen LogP contribution < -0.4 is 5.32 Å². The normalized spacial score (nSPS) is 18.4. The minimum Gasteiger partial charge on any atom is -0.396 e. The molecule has 1 fully saturated rings. The van der Waals surface area contributed by atoms with Gasteiger partial charge in [-0.1, -0.05) is 6.92 Å². The van der Waals surface area contributed by atoms with Gasteiger partial charge in [0.05, 0.1) is 0 Å². The van der Waals surface area contributed by atoms with E-state index in [9.17, 15) is 9.90 Å². The molecule has 1 aromatic heterocycles. The Morgan fingerprint density at radius 2 is 2.30 bits per heavy atom. The van der Waals surface area contributed by atoms with Crippen molar-refractivity contribution in [3.8, 4) is 0 Å². The van der Waals surface area contributed by atoms with Gasteiger partial charge in [-0.05, 0) is 31.9 Å². The molecule has 1 aliphatic heterocycles. The fourth-order valence-corrected chi connectivity index (χ4v) is 2.51. The summed E-state index contributed by atoms with van der Waals surface area (Å²) in [6, 6.07) is 3.69. The monoisotopic (exact) mass is 277 g/mol. The molecule has 2 rings (SSSR count).